The number of thiocarbonyl (C=S) groups is 1. The Morgan fingerprint density at radius 3 is 2.68 bits per heavy atom. The first-order valence-corrected chi connectivity index (χ1v) is 6.71. The summed E-state index contributed by atoms with van der Waals surface area (Å²) in [4.78, 5) is 4.11. The van der Waals surface area contributed by atoms with Crippen LogP contribution in [0.2, 0.25) is 0 Å². The molecule has 0 aliphatic rings. The number of pyridine rings is 1. The summed E-state index contributed by atoms with van der Waals surface area (Å²) < 4.78 is 1.02. The molecule has 2 rings (SSSR count). The highest BCUT2D eigenvalue weighted by atomic mass is 79.9. The van der Waals surface area contributed by atoms with Gasteiger partial charge in [-0.2, -0.15) is 5.10 Å². The zero-order valence-corrected chi connectivity index (χ0v) is 12.3. The SMILES string of the molecule is S=C(N/N=C/c1ccccn1)Nc1ccc(Br)cc1. The summed E-state index contributed by atoms with van der Waals surface area (Å²) in [5.41, 5.74) is 4.39. The van der Waals surface area contributed by atoms with Crippen molar-refractivity contribution in [3.8, 4) is 0 Å². The number of hydrogen-bond acceptors (Lipinski definition) is 3. The van der Waals surface area contributed by atoms with Crippen LogP contribution in [-0.2, 0) is 0 Å². The monoisotopic (exact) mass is 334 g/mol. The molecule has 0 unspecified atom stereocenters. The van der Waals surface area contributed by atoms with E-state index in [4.69, 9.17) is 12.2 Å². The predicted molar refractivity (Wildman–Crippen MR) is 85.3 cm³/mol. The van der Waals surface area contributed by atoms with Gasteiger partial charge in [-0.05, 0) is 48.6 Å². The van der Waals surface area contributed by atoms with Crippen molar-refractivity contribution in [2.75, 3.05) is 5.32 Å². The third kappa shape index (κ3) is 4.76. The summed E-state index contributed by atoms with van der Waals surface area (Å²) in [6, 6.07) is 13.3. The summed E-state index contributed by atoms with van der Waals surface area (Å²) >= 11 is 8.49. The lowest BCUT2D eigenvalue weighted by molar-refractivity contribution is 1.05. The van der Waals surface area contributed by atoms with Crippen LogP contribution in [-0.4, -0.2) is 16.3 Å². The van der Waals surface area contributed by atoms with Crippen molar-refractivity contribution in [2.45, 2.75) is 0 Å². The maximum atomic E-state index is 5.12. The quantitative estimate of drug-likeness (QED) is 0.514. The van der Waals surface area contributed by atoms with Crippen LogP contribution in [0.4, 0.5) is 5.69 Å². The molecule has 0 spiro atoms. The van der Waals surface area contributed by atoms with E-state index in [1.807, 2.05) is 42.5 Å². The van der Waals surface area contributed by atoms with Gasteiger partial charge in [0.1, 0.15) is 0 Å². The van der Waals surface area contributed by atoms with E-state index in [1.165, 1.54) is 0 Å². The molecular formula is C13H11BrN4S. The zero-order valence-electron chi connectivity index (χ0n) is 9.88. The first kappa shape index (κ1) is 13.6. The van der Waals surface area contributed by atoms with Crippen molar-refractivity contribution < 1.29 is 0 Å². The topological polar surface area (TPSA) is 49.3 Å². The van der Waals surface area contributed by atoms with E-state index >= 15 is 0 Å². The Labute approximate surface area is 125 Å². The summed E-state index contributed by atoms with van der Waals surface area (Å²) in [6.07, 6.45) is 3.31. The van der Waals surface area contributed by atoms with Gasteiger partial charge in [0.05, 0.1) is 11.9 Å². The summed E-state index contributed by atoms with van der Waals surface area (Å²) in [7, 11) is 0. The van der Waals surface area contributed by atoms with Gasteiger partial charge in [-0.25, -0.2) is 0 Å². The van der Waals surface area contributed by atoms with Crippen LogP contribution in [0.15, 0.2) is 58.2 Å². The molecule has 0 saturated heterocycles. The van der Waals surface area contributed by atoms with Gasteiger partial charge in [0, 0.05) is 16.4 Å². The van der Waals surface area contributed by atoms with Gasteiger partial charge in [-0.3, -0.25) is 10.4 Å². The number of halogens is 1. The Balaban J connectivity index is 1.85. The minimum absolute atomic E-state index is 0.425. The molecule has 0 bridgehead atoms. The van der Waals surface area contributed by atoms with Crippen molar-refractivity contribution >= 4 is 45.2 Å². The molecule has 0 aliphatic heterocycles. The highest BCUT2D eigenvalue weighted by Crippen LogP contribution is 2.13. The molecule has 0 radical (unpaired) electrons. The Kier molecular flexibility index (Phi) is 5.00. The maximum Gasteiger partial charge on any atom is 0.191 e. The van der Waals surface area contributed by atoms with E-state index < -0.39 is 0 Å². The van der Waals surface area contributed by atoms with Crippen LogP contribution in [0.5, 0.6) is 0 Å². The molecule has 0 fully saturated rings. The molecule has 0 aliphatic carbocycles. The van der Waals surface area contributed by atoms with Crippen LogP contribution in [0.1, 0.15) is 5.69 Å². The molecular weight excluding hydrogens is 324 g/mol. The van der Waals surface area contributed by atoms with Gasteiger partial charge in [-0.15, -0.1) is 0 Å². The minimum Gasteiger partial charge on any atom is -0.331 e. The molecule has 0 atom stereocenters. The zero-order chi connectivity index (χ0) is 13.5. The minimum atomic E-state index is 0.425. The maximum absolute atomic E-state index is 5.12. The summed E-state index contributed by atoms with van der Waals surface area (Å²) in [5, 5.41) is 7.45. The second kappa shape index (κ2) is 6.96. The molecule has 6 heteroatoms. The standard InChI is InChI=1S/C13H11BrN4S/c14-10-4-6-11(7-5-10)17-13(19)18-16-9-12-3-1-2-8-15-12/h1-9H,(H2,17,18,19)/b16-9+. The second-order valence-electron chi connectivity index (χ2n) is 3.59. The first-order valence-electron chi connectivity index (χ1n) is 5.51. The van der Waals surface area contributed by atoms with Crippen LogP contribution in [0.25, 0.3) is 0 Å². The van der Waals surface area contributed by atoms with Gasteiger partial charge < -0.3 is 5.32 Å². The molecule has 0 saturated carbocycles. The van der Waals surface area contributed by atoms with Gasteiger partial charge in [0.25, 0.3) is 0 Å². The molecule has 1 aromatic carbocycles. The number of anilines is 1. The van der Waals surface area contributed by atoms with Crippen molar-refractivity contribution in [2.24, 2.45) is 5.10 Å². The number of hydrogen-bond donors (Lipinski definition) is 2. The van der Waals surface area contributed by atoms with Crippen molar-refractivity contribution in [3.05, 3.63) is 58.8 Å². The molecule has 19 heavy (non-hydrogen) atoms. The molecule has 96 valence electrons. The van der Waals surface area contributed by atoms with E-state index in [0.29, 0.717) is 5.11 Å². The molecule has 1 aromatic heterocycles. The Hall–Kier alpha value is -1.79. The van der Waals surface area contributed by atoms with Crippen LogP contribution in [0, 0.1) is 0 Å². The van der Waals surface area contributed by atoms with E-state index in [2.05, 4.69) is 36.8 Å². The highest BCUT2D eigenvalue weighted by Gasteiger charge is 1.95. The largest absolute Gasteiger partial charge is 0.331 e. The van der Waals surface area contributed by atoms with Crippen molar-refractivity contribution in [1.82, 2.24) is 10.4 Å². The number of hydrazone groups is 1. The average molecular weight is 335 g/mol. The third-order valence-corrected chi connectivity index (χ3v) is 2.87. The molecule has 4 nitrogen and oxygen atoms in total. The predicted octanol–water partition coefficient (Wildman–Crippen LogP) is 3.16. The molecule has 1 heterocycles. The number of nitrogens with one attached hydrogen (secondary N) is 2. The Morgan fingerprint density at radius 1 is 1.21 bits per heavy atom. The fraction of sp³-hybridized carbons (Fsp3) is 0. The van der Waals surface area contributed by atoms with E-state index in [-0.39, 0.29) is 0 Å². The number of rotatable bonds is 3. The van der Waals surface area contributed by atoms with E-state index in [0.717, 1.165) is 15.9 Å². The fourth-order valence-corrected chi connectivity index (χ4v) is 1.74. The molecule has 0 amide bonds. The third-order valence-electron chi connectivity index (χ3n) is 2.15. The average Bonchev–Trinajstić information content (AvgIpc) is 2.43. The highest BCUT2D eigenvalue weighted by molar-refractivity contribution is 9.10. The Morgan fingerprint density at radius 2 is 2.00 bits per heavy atom. The van der Waals surface area contributed by atoms with E-state index in [9.17, 15) is 0 Å². The van der Waals surface area contributed by atoms with Gasteiger partial charge in [0.15, 0.2) is 5.11 Å². The second-order valence-corrected chi connectivity index (χ2v) is 4.91. The van der Waals surface area contributed by atoms with E-state index in [1.54, 1.807) is 12.4 Å². The van der Waals surface area contributed by atoms with Crippen molar-refractivity contribution in [3.63, 3.8) is 0 Å². The van der Waals surface area contributed by atoms with Crippen LogP contribution >= 0.6 is 28.1 Å². The van der Waals surface area contributed by atoms with Gasteiger partial charge >= 0.3 is 0 Å². The van der Waals surface area contributed by atoms with Crippen molar-refractivity contribution in [1.29, 1.82) is 0 Å². The smallest absolute Gasteiger partial charge is 0.191 e. The lowest BCUT2D eigenvalue weighted by atomic mass is 10.3. The normalized spacial score (nSPS) is 10.4. The fourth-order valence-electron chi connectivity index (χ4n) is 1.30. The lowest BCUT2D eigenvalue weighted by Crippen LogP contribution is -2.23. The van der Waals surface area contributed by atoms with Gasteiger partial charge in [-0.1, -0.05) is 22.0 Å². The van der Waals surface area contributed by atoms with Crippen LogP contribution < -0.4 is 10.7 Å². The Bertz CT molecular complexity index is 569. The molecule has 2 N–H and O–H groups in total. The molecule has 2 aromatic rings. The summed E-state index contributed by atoms with van der Waals surface area (Å²) in [5.74, 6) is 0. The number of benzene rings is 1. The van der Waals surface area contributed by atoms with Gasteiger partial charge in [0.2, 0.25) is 0 Å². The summed E-state index contributed by atoms with van der Waals surface area (Å²) in [6.45, 7) is 0. The van der Waals surface area contributed by atoms with Crippen LogP contribution in [0.3, 0.4) is 0 Å². The number of nitrogens with zero attached hydrogens (tertiary/aromatic N) is 2. The first-order chi connectivity index (χ1) is 9.24. The lowest BCUT2D eigenvalue weighted by Gasteiger charge is -2.06. The number of aromatic nitrogens is 1.